The molecule has 0 atom stereocenters. The van der Waals surface area contributed by atoms with Crippen molar-refractivity contribution >= 4 is 0 Å². The fourth-order valence-corrected chi connectivity index (χ4v) is 1.33. The van der Waals surface area contributed by atoms with E-state index in [1.807, 2.05) is 12.1 Å². The maximum Gasteiger partial charge on any atom is 0.138 e. The lowest BCUT2D eigenvalue weighted by atomic mass is 10.1. The molecule has 0 saturated heterocycles. The molecule has 0 amide bonds. The zero-order chi connectivity index (χ0) is 10.7. The highest BCUT2D eigenvalue weighted by atomic mass is 16.3. The molecule has 3 N–H and O–H groups in total. The van der Waals surface area contributed by atoms with Crippen LogP contribution in [0.15, 0.2) is 36.8 Å². The minimum absolute atomic E-state index is 0.130. The van der Waals surface area contributed by atoms with Gasteiger partial charge in [0.05, 0.1) is 11.9 Å². The zero-order valence-electron chi connectivity index (χ0n) is 8.09. The number of aromatic nitrogens is 2. The van der Waals surface area contributed by atoms with Crippen molar-refractivity contribution in [2.24, 2.45) is 5.73 Å². The van der Waals surface area contributed by atoms with Gasteiger partial charge in [0.2, 0.25) is 0 Å². The molecule has 0 spiro atoms. The van der Waals surface area contributed by atoms with Crippen molar-refractivity contribution in [2.45, 2.75) is 6.54 Å². The third-order valence-corrected chi connectivity index (χ3v) is 2.14. The fourth-order valence-electron chi connectivity index (χ4n) is 1.33. The Kier molecular flexibility index (Phi) is 2.60. The summed E-state index contributed by atoms with van der Waals surface area (Å²) in [5, 5.41) is 9.42. The van der Waals surface area contributed by atoms with Crippen LogP contribution in [0.1, 0.15) is 5.56 Å². The normalized spacial score (nSPS) is 10.2. The van der Waals surface area contributed by atoms with Gasteiger partial charge in [-0.15, -0.1) is 0 Å². The van der Waals surface area contributed by atoms with E-state index in [0.717, 1.165) is 11.3 Å². The SMILES string of the molecule is NCc1cc(-c2cccnc2)ncc1O. The van der Waals surface area contributed by atoms with Crippen molar-refractivity contribution in [1.82, 2.24) is 9.97 Å². The predicted molar refractivity (Wildman–Crippen MR) is 57.0 cm³/mol. The smallest absolute Gasteiger partial charge is 0.138 e. The first-order chi connectivity index (χ1) is 7.31. The quantitative estimate of drug-likeness (QED) is 0.768. The molecule has 0 unspecified atom stereocenters. The first-order valence-electron chi connectivity index (χ1n) is 4.59. The molecule has 2 rings (SSSR count). The Hall–Kier alpha value is -1.94. The molecule has 0 aliphatic heterocycles. The van der Waals surface area contributed by atoms with E-state index in [2.05, 4.69) is 9.97 Å². The van der Waals surface area contributed by atoms with E-state index in [1.165, 1.54) is 6.20 Å². The summed E-state index contributed by atoms with van der Waals surface area (Å²) in [6.45, 7) is 0.293. The molecule has 0 fully saturated rings. The average Bonchev–Trinajstić information content (AvgIpc) is 2.31. The van der Waals surface area contributed by atoms with Gasteiger partial charge in [0.1, 0.15) is 5.75 Å². The van der Waals surface area contributed by atoms with Crippen molar-refractivity contribution in [3.63, 3.8) is 0 Å². The number of rotatable bonds is 2. The van der Waals surface area contributed by atoms with E-state index in [1.54, 1.807) is 18.5 Å². The molecule has 2 aromatic rings. The topological polar surface area (TPSA) is 72.0 Å². The van der Waals surface area contributed by atoms with Gasteiger partial charge in [-0.1, -0.05) is 0 Å². The van der Waals surface area contributed by atoms with Crippen LogP contribution in [0.4, 0.5) is 0 Å². The average molecular weight is 201 g/mol. The summed E-state index contributed by atoms with van der Waals surface area (Å²) in [6, 6.07) is 5.52. The molecule has 4 heteroatoms. The Morgan fingerprint density at radius 1 is 1.33 bits per heavy atom. The largest absolute Gasteiger partial charge is 0.506 e. The number of hydrogen-bond donors (Lipinski definition) is 2. The second-order valence-corrected chi connectivity index (χ2v) is 3.14. The summed E-state index contributed by atoms with van der Waals surface area (Å²) in [5.74, 6) is 0.130. The number of nitrogens with zero attached hydrogens (tertiary/aromatic N) is 2. The number of pyridine rings is 2. The van der Waals surface area contributed by atoms with E-state index in [4.69, 9.17) is 5.73 Å². The van der Waals surface area contributed by atoms with Crippen molar-refractivity contribution < 1.29 is 5.11 Å². The Morgan fingerprint density at radius 3 is 2.87 bits per heavy atom. The highest BCUT2D eigenvalue weighted by Crippen LogP contribution is 2.21. The van der Waals surface area contributed by atoms with Gasteiger partial charge in [-0.25, -0.2) is 0 Å². The second kappa shape index (κ2) is 4.06. The van der Waals surface area contributed by atoms with E-state index in [9.17, 15) is 5.11 Å². The van der Waals surface area contributed by atoms with Gasteiger partial charge in [0.25, 0.3) is 0 Å². The second-order valence-electron chi connectivity index (χ2n) is 3.14. The summed E-state index contributed by atoms with van der Waals surface area (Å²) < 4.78 is 0. The van der Waals surface area contributed by atoms with Crippen molar-refractivity contribution in [3.05, 3.63) is 42.4 Å². The van der Waals surface area contributed by atoms with Crippen LogP contribution in [0.2, 0.25) is 0 Å². The molecular formula is C11H11N3O. The summed E-state index contributed by atoms with van der Waals surface area (Å²) in [4.78, 5) is 8.12. The lowest BCUT2D eigenvalue weighted by Gasteiger charge is -2.04. The molecule has 76 valence electrons. The lowest BCUT2D eigenvalue weighted by molar-refractivity contribution is 0.466. The molecular weight excluding hydrogens is 190 g/mol. The summed E-state index contributed by atoms with van der Waals surface area (Å²) >= 11 is 0. The Bertz CT molecular complexity index is 457. The summed E-state index contributed by atoms with van der Waals surface area (Å²) in [7, 11) is 0. The van der Waals surface area contributed by atoms with Crippen molar-refractivity contribution in [1.29, 1.82) is 0 Å². The van der Waals surface area contributed by atoms with Crippen LogP contribution in [0.25, 0.3) is 11.3 Å². The molecule has 4 nitrogen and oxygen atoms in total. The van der Waals surface area contributed by atoms with Crippen LogP contribution in [0.3, 0.4) is 0 Å². The van der Waals surface area contributed by atoms with Crippen LogP contribution in [0, 0.1) is 0 Å². The van der Waals surface area contributed by atoms with E-state index in [-0.39, 0.29) is 5.75 Å². The van der Waals surface area contributed by atoms with Crippen LogP contribution in [-0.2, 0) is 6.54 Å². The van der Waals surface area contributed by atoms with E-state index >= 15 is 0 Å². The van der Waals surface area contributed by atoms with Crippen molar-refractivity contribution in [3.8, 4) is 17.0 Å². The highest BCUT2D eigenvalue weighted by molar-refractivity contribution is 5.59. The standard InChI is InChI=1S/C11H11N3O/c12-5-9-4-10(14-7-11(9)15)8-2-1-3-13-6-8/h1-4,6-7,15H,5,12H2. The monoisotopic (exact) mass is 201 g/mol. The summed E-state index contributed by atoms with van der Waals surface area (Å²) in [5.41, 5.74) is 7.85. The molecule has 0 saturated carbocycles. The predicted octanol–water partition coefficient (Wildman–Crippen LogP) is 1.31. The minimum Gasteiger partial charge on any atom is -0.506 e. The van der Waals surface area contributed by atoms with E-state index < -0.39 is 0 Å². The van der Waals surface area contributed by atoms with Crippen LogP contribution in [0.5, 0.6) is 5.75 Å². The Labute approximate surface area is 87.4 Å². The third-order valence-electron chi connectivity index (χ3n) is 2.14. The number of nitrogens with two attached hydrogens (primary N) is 1. The Morgan fingerprint density at radius 2 is 2.20 bits per heavy atom. The lowest BCUT2D eigenvalue weighted by Crippen LogP contribution is -1.98. The van der Waals surface area contributed by atoms with Gasteiger partial charge >= 0.3 is 0 Å². The van der Waals surface area contributed by atoms with Gasteiger partial charge in [-0.2, -0.15) is 0 Å². The zero-order valence-corrected chi connectivity index (χ0v) is 8.09. The number of hydrogen-bond acceptors (Lipinski definition) is 4. The molecule has 0 bridgehead atoms. The first kappa shape index (κ1) is 9.61. The van der Waals surface area contributed by atoms with Crippen LogP contribution in [-0.4, -0.2) is 15.1 Å². The molecule has 0 radical (unpaired) electrons. The van der Waals surface area contributed by atoms with Gasteiger partial charge in [-0.3, -0.25) is 9.97 Å². The van der Waals surface area contributed by atoms with Crippen LogP contribution < -0.4 is 5.73 Å². The van der Waals surface area contributed by atoms with Gasteiger partial charge in [-0.05, 0) is 18.2 Å². The molecule has 0 aliphatic carbocycles. The van der Waals surface area contributed by atoms with Gasteiger partial charge in [0.15, 0.2) is 0 Å². The molecule has 0 aromatic carbocycles. The highest BCUT2D eigenvalue weighted by Gasteiger charge is 2.04. The van der Waals surface area contributed by atoms with Gasteiger partial charge in [0, 0.05) is 30.1 Å². The first-order valence-corrected chi connectivity index (χ1v) is 4.59. The summed E-state index contributed by atoms with van der Waals surface area (Å²) in [6.07, 6.45) is 4.83. The maximum atomic E-state index is 9.42. The Balaban J connectivity index is 2.46. The maximum absolute atomic E-state index is 9.42. The van der Waals surface area contributed by atoms with Crippen molar-refractivity contribution in [2.75, 3.05) is 0 Å². The third kappa shape index (κ3) is 1.94. The molecule has 2 heterocycles. The van der Waals surface area contributed by atoms with E-state index in [0.29, 0.717) is 12.1 Å². The fraction of sp³-hybridized carbons (Fsp3) is 0.0909. The number of aromatic hydroxyl groups is 1. The molecule has 0 aliphatic rings. The minimum atomic E-state index is 0.130. The molecule has 2 aromatic heterocycles. The molecule has 15 heavy (non-hydrogen) atoms. The van der Waals surface area contributed by atoms with Crippen LogP contribution >= 0.6 is 0 Å². The van der Waals surface area contributed by atoms with Gasteiger partial charge < -0.3 is 10.8 Å².